The molecule has 15 heavy (non-hydrogen) atoms. The number of hydrogen-bond acceptors (Lipinski definition) is 2. The van der Waals surface area contributed by atoms with Gasteiger partial charge in [-0.1, -0.05) is 13.0 Å². The molecule has 0 saturated carbocycles. The van der Waals surface area contributed by atoms with E-state index in [0.717, 1.165) is 5.56 Å². The van der Waals surface area contributed by atoms with Crippen molar-refractivity contribution in [2.75, 3.05) is 5.73 Å². The molecule has 3 heteroatoms. The topological polar surface area (TPSA) is 46.2 Å². The van der Waals surface area contributed by atoms with E-state index in [1.165, 1.54) is 6.07 Å². The number of halogens is 1. The van der Waals surface area contributed by atoms with Crippen LogP contribution < -0.4 is 5.73 Å². The van der Waals surface area contributed by atoms with E-state index >= 15 is 0 Å². The zero-order chi connectivity index (χ0) is 11.4. The lowest BCUT2D eigenvalue weighted by Crippen LogP contribution is -2.05. The molecule has 0 aromatic heterocycles. The molecule has 0 fully saturated rings. The van der Waals surface area contributed by atoms with Crippen LogP contribution in [0.3, 0.4) is 0 Å². The first-order chi connectivity index (χ1) is 7.04. The molecule has 0 aliphatic heterocycles. The second kappa shape index (κ2) is 5.12. The van der Waals surface area contributed by atoms with E-state index in [2.05, 4.69) is 0 Å². The Balaban J connectivity index is 2.87. The predicted octanol–water partition coefficient (Wildman–Crippen LogP) is 2.28. The minimum Gasteiger partial charge on any atom is -0.398 e. The molecule has 0 bridgehead atoms. The molecule has 0 spiro atoms. The van der Waals surface area contributed by atoms with Crippen molar-refractivity contribution in [2.45, 2.75) is 39.2 Å². The summed E-state index contributed by atoms with van der Waals surface area (Å²) in [6.45, 7) is 3.65. The van der Waals surface area contributed by atoms with Gasteiger partial charge in [0.1, 0.15) is 5.82 Å². The number of hydrogen-bond donors (Lipinski definition) is 2. The van der Waals surface area contributed by atoms with Gasteiger partial charge in [0, 0.05) is 5.69 Å². The number of aryl methyl sites for hydroxylation is 2. The van der Waals surface area contributed by atoms with Gasteiger partial charge >= 0.3 is 0 Å². The quantitative estimate of drug-likeness (QED) is 0.750. The van der Waals surface area contributed by atoms with Crippen LogP contribution in [-0.4, -0.2) is 11.2 Å². The Kier molecular flexibility index (Phi) is 4.09. The number of aliphatic hydroxyl groups excluding tert-OH is 1. The van der Waals surface area contributed by atoms with E-state index in [-0.39, 0.29) is 11.9 Å². The average molecular weight is 211 g/mol. The van der Waals surface area contributed by atoms with Gasteiger partial charge in [-0.2, -0.15) is 0 Å². The van der Waals surface area contributed by atoms with Crippen LogP contribution in [-0.2, 0) is 12.8 Å². The maximum Gasteiger partial charge on any atom is 0.128 e. The number of nitrogens with two attached hydrogens (primary N) is 1. The molecule has 0 saturated heterocycles. The normalized spacial score (nSPS) is 12.8. The second-order valence-electron chi connectivity index (χ2n) is 3.88. The fraction of sp³-hybridized carbons (Fsp3) is 0.500. The molecule has 0 aliphatic rings. The number of nitrogen functional groups attached to an aromatic ring is 1. The van der Waals surface area contributed by atoms with Crippen molar-refractivity contribution < 1.29 is 9.50 Å². The molecule has 0 amide bonds. The van der Waals surface area contributed by atoms with Gasteiger partial charge in [0.25, 0.3) is 0 Å². The molecular weight excluding hydrogens is 193 g/mol. The Morgan fingerprint density at radius 2 is 2.07 bits per heavy atom. The van der Waals surface area contributed by atoms with Gasteiger partial charge in [0.15, 0.2) is 0 Å². The largest absolute Gasteiger partial charge is 0.398 e. The number of anilines is 1. The molecule has 0 unspecified atom stereocenters. The summed E-state index contributed by atoms with van der Waals surface area (Å²) < 4.78 is 13.3. The Morgan fingerprint density at radius 3 is 2.60 bits per heavy atom. The van der Waals surface area contributed by atoms with E-state index in [0.29, 0.717) is 30.5 Å². The van der Waals surface area contributed by atoms with Crippen molar-refractivity contribution >= 4 is 5.69 Å². The molecule has 1 aromatic carbocycles. The molecule has 1 rings (SSSR count). The van der Waals surface area contributed by atoms with Crippen LogP contribution in [0.4, 0.5) is 10.1 Å². The molecular formula is C12H18FNO. The van der Waals surface area contributed by atoms with Gasteiger partial charge in [0.05, 0.1) is 6.10 Å². The van der Waals surface area contributed by atoms with Gasteiger partial charge in [-0.25, -0.2) is 4.39 Å². The fourth-order valence-corrected chi connectivity index (χ4v) is 1.54. The fourth-order valence-electron chi connectivity index (χ4n) is 1.54. The van der Waals surface area contributed by atoms with Gasteiger partial charge in [0.2, 0.25) is 0 Å². The molecule has 84 valence electrons. The summed E-state index contributed by atoms with van der Waals surface area (Å²) in [6, 6.07) is 3.17. The zero-order valence-electron chi connectivity index (χ0n) is 9.26. The number of rotatable bonds is 4. The minimum atomic E-state index is -0.348. The molecule has 1 aromatic rings. The average Bonchev–Trinajstić information content (AvgIpc) is 2.16. The van der Waals surface area contributed by atoms with E-state index < -0.39 is 0 Å². The number of benzene rings is 1. The Hall–Kier alpha value is -1.09. The summed E-state index contributed by atoms with van der Waals surface area (Å²) in [6.07, 6.45) is 1.66. The summed E-state index contributed by atoms with van der Waals surface area (Å²) in [7, 11) is 0. The second-order valence-corrected chi connectivity index (χ2v) is 3.88. The SMILES string of the molecule is CCc1cc(CC[C@@H](C)O)c(N)cc1F. The van der Waals surface area contributed by atoms with Gasteiger partial charge in [-0.3, -0.25) is 0 Å². The third-order valence-corrected chi connectivity index (χ3v) is 2.52. The first kappa shape index (κ1) is 12.0. The van der Waals surface area contributed by atoms with Crippen LogP contribution >= 0.6 is 0 Å². The summed E-state index contributed by atoms with van der Waals surface area (Å²) >= 11 is 0. The van der Waals surface area contributed by atoms with E-state index in [9.17, 15) is 9.50 Å². The van der Waals surface area contributed by atoms with Crippen LogP contribution in [0, 0.1) is 5.82 Å². The summed E-state index contributed by atoms with van der Waals surface area (Å²) in [5.41, 5.74) is 7.80. The van der Waals surface area contributed by atoms with Gasteiger partial charge in [-0.05, 0) is 43.4 Å². The maximum absolute atomic E-state index is 13.3. The zero-order valence-corrected chi connectivity index (χ0v) is 9.26. The van der Waals surface area contributed by atoms with E-state index in [4.69, 9.17) is 5.73 Å². The maximum atomic E-state index is 13.3. The monoisotopic (exact) mass is 211 g/mol. The highest BCUT2D eigenvalue weighted by molar-refractivity contribution is 5.49. The van der Waals surface area contributed by atoms with Crippen molar-refractivity contribution in [1.82, 2.24) is 0 Å². The van der Waals surface area contributed by atoms with Gasteiger partial charge in [-0.15, -0.1) is 0 Å². The third kappa shape index (κ3) is 3.20. The first-order valence-corrected chi connectivity index (χ1v) is 5.29. The molecule has 1 atom stereocenters. The first-order valence-electron chi connectivity index (χ1n) is 5.29. The van der Waals surface area contributed by atoms with Crippen LogP contribution in [0.15, 0.2) is 12.1 Å². The highest BCUT2D eigenvalue weighted by Crippen LogP contribution is 2.20. The lowest BCUT2D eigenvalue weighted by Gasteiger charge is -2.10. The third-order valence-electron chi connectivity index (χ3n) is 2.52. The number of aliphatic hydroxyl groups is 1. The lowest BCUT2D eigenvalue weighted by atomic mass is 10.0. The van der Waals surface area contributed by atoms with Crippen molar-refractivity contribution in [3.8, 4) is 0 Å². The highest BCUT2D eigenvalue weighted by atomic mass is 19.1. The molecule has 0 heterocycles. The molecule has 0 aliphatic carbocycles. The molecule has 0 radical (unpaired) electrons. The van der Waals surface area contributed by atoms with Crippen molar-refractivity contribution in [3.63, 3.8) is 0 Å². The Morgan fingerprint density at radius 1 is 1.40 bits per heavy atom. The Bertz CT molecular complexity index is 337. The Labute approximate surface area is 89.9 Å². The summed E-state index contributed by atoms with van der Waals surface area (Å²) in [5.74, 6) is -0.240. The van der Waals surface area contributed by atoms with Crippen molar-refractivity contribution in [1.29, 1.82) is 0 Å². The van der Waals surface area contributed by atoms with Crippen LogP contribution in [0.25, 0.3) is 0 Å². The molecule has 3 N–H and O–H groups in total. The van der Waals surface area contributed by atoms with Crippen molar-refractivity contribution in [2.24, 2.45) is 0 Å². The highest BCUT2D eigenvalue weighted by Gasteiger charge is 2.07. The van der Waals surface area contributed by atoms with Crippen LogP contribution in [0.1, 0.15) is 31.4 Å². The smallest absolute Gasteiger partial charge is 0.128 e. The van der Waals surface area contributed by atoms with E-state index in [1.807, 2.05) is 6.92 Å². The van der Waals surface area contributed by atoms with Crippen LogP contribution in [0.5, 0.6) is 0 Å². The lowest BCUT2D eigenvalue weighted by molar-refractivity contribution is 0.185. The summed E-state index contributed by atoms with van der Waals surface area (Å²) in [5, 5.41) is 9.17. The van der Waals surface area contributed by atoms with Crippen molar-refractivity contribution in [3.05, 3.63) is 29.1 Å². The predicted molar refractivity (Wildman–Crippen MR) is 60.2 cm³/mol. The molecule has 2 nitrogen and oxygen atoms in total. The summed E-state index contributed by atoms with van der Waals surface area (Å²) in [4.78, 5) is 0. The standard InChI is InChI=1S/C12H18FNO/c1-3-9-6-10(5-4-8(2)15)12(14)7-11(9)13/h6-8,15H,3-5,14H2,1-2H3/t8-/m1/s1. The minimum absolute atomic E-state index is 0.240. The van der Waals surface area contributed by atoms with E-state index in [1.54, 1.807) is 13.0 Å². The van der Waals surface area contributed by atoms with Gasteiger partial charge < -0.3 is 10.8 Å². The van der Waals surface area contributed by atoms with Crippen LogP contribution in [0.2, 0.25) is 0 Å².